The summed E-state index contributed by atoms with van der Waals surface area (Å²) in [4.78, 5) is 0. The molecule has 4 heteroatoms. The molecule has 0 radical (unpaired) electrons. The molecule has 0 saturated heterocycles. The molecule has 0 fully saturated rings. The summed E-state index contributed by atoms with van der Waals surface area (Å²) >= 11 is 0. The lowest BCUT2D eigenvalue weighted by Gasteiger charge is -2.17. The molecule has 3 heterocycles. The van der Waals surface area contributed by atoms with Crippen molar-refractivity contribution in [2.75, 3.05) is 0 Å². The van der Waals surface area contributed by atoms with Gasteiger partial charge in [-0.15, -0.1) is 0 Å². The molecule has 4 nitrogen and oxygen atoms in total. The molecule has 0 unspecified atom stereocenters. The van der Waals surface area contributed by atoms with Crippen molar-refractivity contribution >= 4 is 76.5 Å². The minimum atomic E-state index is 0.646. The summed E-state index contributed by atoms with van der Waals surface area (Å²) in [5, 5.41) is 19.4. The van der Waals surface area contributed by atoms with Crippen molar-refractivity contribution in [3.05, 3.63) is 163 Å². The second-order valence-corrected chi connectivity index (χ2v) is 13.1. The van der Waals surface area contributed by atoms with Gasteiger partial charge in [0.1, 0.15) is 28.4 Å². The summed E-state index contributed by atoms with van der Waals surface area (Å²) < 4.78 is 15.7. The molecule has 51 heavy (non-hydrogen) atoms. The van der Waals surface area contributed by atoms with Crippen LogP contribution >= 0.6 is 0 Å². The summed E-state index contributed by atoms with van der Waals surface area (Å²) in [5.74, 6) is 0. The number of hydrogen-bond donors (Lipinski definition) is 0. The zero-order valence-electron chi connectivity index (χ0n) is 27.2. The maximum Gasteiger partial charge on any atom is 0.146 e. The van der Waals surface area contributed by atoms with Crippen molar-refractivity contribution in [3.63, 3.8) is 0 Å². The largest absolute Gasteiger partial charge is 0.456 e. The van der Waals surface area contributed by atoms with Crippen LogP contribution in [0.2, 0.25) is 0 Å². The van der Waals surface area contributed by atoms with Gasteiger partial charge >= 0.3 is 0 Å². The van der Waals surface area contributed by atoms with E-state index in [1.54, 1.807) is 0 Å². The Hall–Kier alpha value is -7.09. The zero-order chi connectivity index (χ0) is 33.6. The lowest BCUT2D eigenvalue weighted by Crippen LogP contribution is -1.99. The van der Waals surface area contributed by atoms with Crippen LogP contribution in [0.25, 0.3) is 104 Å². The van der Waals surface area contributed by atoms with Crippen LogP contribution in [0.15, 0.2) is 167 Å². The number of furan rings is 2. The number of benzene rings is 8. The molecule has 3 aromatic heterocycles. The number of rotatable bonds is 3. The predicted molar refractivity (Wildman–Crippen MR) is 208 cm³/mol. The molecule has 0 spiro atoms. The van der Waals surface area contributed by atoms with E-state index in [0.29, 0.717) is 5.56 Å². The first-order valence-electron chi connectivity index (χ1n) is 17.1. The van der Waals surface area contributed by atoms with Crippen molar-refractivity contribution in [2.45, 2.75) is 0 Å². The molecule has 0 aliphatic rings. The lowest BCUT2D eigenvalue weighted by atomic mass is 9.91. The summed E-state index contributed by atoms with van der Waals surface area (Å²) in [6, 6.07) is 56.8. The molecule has 0 bridgehead atoms. The summed E-state index contributed by atoms with van der Waals surface area (Å²) in [5.41, 5.74) is 10.9. The number of aromatic nitrogens is 1. The average Bonchev–Trinajstić information content (AvgIpc) is 3.88. The number of nitrogens with zero attached hydrogens (tertiary/aromatic N) is 2. The Bertz CT molecular complexity index is 3190. The van der Waals surface area contributed by atoms with Crippen LogP contribution in [-0.2, 0) is 0 Å². The zero-order valence-corrected chi connectivity index (χ0v) is 27.2. The molecule has 0 saturated carbocycles. The molecular formula is C47H26N2O2. The number of fused-ring (bicyclic) bond motifs is 14. The van der Waals surface area contributed by atoms with E-state index < -0.39 is 0 Å². The fourth-order valence-electron chi connectivity index (χ4n) is 8.30. The van der Waals surface area contributed by atoms with Crippen LogP contribution in [0.1, 0.15) is 5.56 Å². The number of para-hydroxylation sites is 3. The fraction of sp³-hybridized carbons (Fsp3) is 0. The standard InChI is InChI=1S/C47H26N2O2/c48-27-37-35(28-13-3-1-4-14-28)25-30(26-36(37)29-15-5-2-6-16-29)49-38-20-10-7-17-31(38)45-46(49)34-23-24-41-42(32-18-8-11-21-39(32)50-41)43(34)44-33-19-9-12-22-40(33)51-47(44)45/h1-26H. The fourth-order valence-corrected chi connectivity index (χ4v) is 8.30. The maximum absolute atomic E-state index is 10.7. The van der Waals surface area contributed by atoms with Gasteiger partial charge in [0.05, 0.1) is 22.0 Å². The van der Waals surface area contributed by atoms with E-state index in [1.165, 1.54) is 0 Å². The first-order valence-corrected chi connectivity index (χ1v) is 17.1. The third-order valence-electron chi connectivity index (χ3n) is 10.4. The molecule has 0 amide bonds. The van der Waals surface area contributed by atoms with Crippen molar-refractivity contribution in [2.24, 2.45) is 0 Å². The van der Waals surface area contributed by atoms with E-state index in [4.69, 9.17) is 8.83 Å². The summed E-state index contributed by atoms with van der Waals surface area (Å²) in [7, 11) is 0. The van der Waals surface area contributed by atoms with E-state index in [-0.39, 0.29) is 0 Å². The highest BCUT2D eigenvalue weighted by Gasteiger charge is 2.26. The molecule has 8 aromatic carbocycles. The van der Waals surface area contributed by atoms with Crippen LogP contribution in [0, 0.1) is 11.3 Å². The van der Waals surface area contributed by atoms with Crippen molar-refractivity contribution in [1.29, 1.82) is 5.26 Å². The molecule has 11 rings (SSSR count). The van der Waals surface area contributed by atoms with E-state index in [9.17, 15) is 5.26 Å². The Morgan fingerprint density at radius 3 is 1.69 bits per heavy atom. The smallest absolute Gasteiger partial charge is 0.146 e. The second-order valence-electron chi connectivity index (χ2n) is 13.1. The van der Waals surface area contributed by atoms with Gasteiger partial charge in [-0.3, -0.25) is 0 Å². The van der Waals surface area contributed by atoms with Gasteiger partial charge in [-0.05, 0) is 53.6 Å². The number of nitriles is 1. The maximum atomic E-state index is 10.7. The Labute approximate surface area is 291 Å². The second kappa shape index (κ2) is 10.5. The monoisotopic (exact) mass is 650 g/mol. The summed E-state index contributed by atoms with van der Waals surface area (Å²) in [6.45, 7) is 0. The Kier molecular flexibility index (Phi) is 5.70. The van der Waals surface area contributed by atoms with Crippen LogP contribution in [0.3, 0.4) is 0 Å². The van der Waals surface area contributed by atoms with E-state index >= 15 is 0 Å². The van der Waals surface area contributed by atoms with Gasteiger partial charge in [-0.1, -0.05) is 115 Å². The molecule has 0 N–H and O–H groups in total. The van der Waals surface area contributed by atoms with Gasteiger partial charge in [0.25, 0.3) is 0 Å². The van der Waals surface area contributed by atoms with Gasteiger partial charge in [0.15, 0.2) is 0 Å². The van der Waals surface area contributed by atoms with E-state index in [2.05, 4.69) is 114 Å². The third kappa shape index (κ3) is 3.83. The van der Waals surface area contributed by atoms with Crippen LogP contribution in [0.5, 0.6) is 0 Å². The highest BCUT2D eigenvalue weighted by molar-refractivity contribution is 6.40. The molecule has 11 aromatic rings. The topological polar surface area (TPSA) is 55.0 Å². The van der Waals surface area contributed by atoms with Crippen molar-refractivity contribution in [1.82, 2.24) is 4.57 Å². The minimum Gasteiger partial charge on any atom is -0.456 e. The normalized spacial score (nSPS) is 11.9. The lowest BCUT2D eigenvalue weighted by molar-refractivity contribution is 0.669. The molecule has 0 aliphatic carbocycles. The molecular weight excluding hydrogens is 625 g/mol. The Morgan fingerprint density at radius 2 is 1.02 bits per heavy atom. The molecule has 0 aliphatic heterocycles. The van der Waals surface area contributed by atoms with Crippen LogP contribution < -0.4 is 0 Å². The van der Waals surface area contributed by atoms with Gasteiger partial charge < -0.3 is 13.4 Å². The Morgan fingerprint density at radius 1 is 0.451 bits per heavy atom. The first kappa shape index (κ1) is 27.8. The van der Waals surface area contributed by atoms with Crippen molar-refractivity contribution < 1.29 is 8.83 Å². The first-order chi connectivity index (χ1) is 25.3. The van der Waals surface area contributed by atoms with E-state index in [0.717, 1.165) is 104 Å². The Balaban J connectivity index is 1.40. The SMILES string of the molecule is N#Cc1c(-c2ccccc2)cc(-n2c3ccccc3c3c4oc5ccccc5c4c4c(ccc5oc6ccccc6c54)c32)cc1-c1ccccc1. The molecule has 0 atom stereocenters. The predicted octanol–water partition coefficient (Wildman–Crippen LogP) is 12.9. The average molecular weight is 651 g/mol. The number of hydrogen-bond acceptors (Lipinski definition) is 3. The van der Waals surface area contributed by atoms with Crippen LogP contribution in [-0.4, -0.2) is 4.57 Å². The summed E-state index contributed by atoms with van der Waals surface area (Å²) in [6.07, 6.45) is 0. The highest BCUT2D eigenvalue weighted by atomic mass is 16.3. The van der Waals surface area contributed by atoms with Gasteiger partial charge in [0, 0.05) is 54.5 Å². The minimum absolute atomic E-state index is 0.646. The van der Waals surface area contributed by atoms with Gasteiger partial charge in [-0.2, -0.15) is 5.26 Å². The van der Waals surface area contributed by atoms with Crippen LogP contribution in [0.4, 0.5) is 0 Å². The van der Waals surface area contributed by atoms with Crippen molar-refractivity contribution in [3.8, 4) is 34.0 Å². The van der Waals surface area contributed by atoms with Gasteiger partial charge in [-0.25, -0.2) is 0 Å². The highest BCUT2D eigenvalue weighted by Crippen LogP contribution is 2.49. The third-order valence-corrected chi connectivity index (χ3v) is 10.4. The molecule has 236 valence electrons. The quantitative estimate of drug-likeness (QED) is 0.191. The van der Waals surface area contributed by atoms with Gasteiger partial charge in [0.2, 0.25) is 0 Å². The van der Waals surface area contributed by atoms with E-state index in [1.807, 2.05) is 54.6 Å².